The van der Waals surface area contributed by atoms with E-state index >= 15 is 0 Å². The maximum Gasteiger partial charge on any atom is 0.134 e. The molecule has 2 aromatic rings. The molecule has 0 aliphatic heterocycles. The van der Waals surface area contributed by atoms with E-state index in [0.29, 0.717) is 22.1 Å². The standard InChI is InChI=1S/C12H12INO3S/c1-16-7-3-4-9(17-2)8(5-7)11(15)12-14-6-10(13)18-12/h3-6,11,15H,1-2H3. The third kappa shape index (κ3) is 2.76. The Bertz CT molecular complexity index is 544. The van der Waals surface area contributed by atoms with Crippen LogP contribution in [0.15, 0.2) is 24.4 Å². The van der Waals surface area contributed by atoms with Crippen LogP contribution in [0.25, 0.3) is 0 Å². The van der Waals surface area contributed by atoms with E-state index in [9.17, 15) is 5.11 Å². The van der Waals surface area contributed by atoms with Gasteiger partial charge in [-0.3, -0.25) is 0 Å². The highest BCUT2D eigenvalue weighted by Crippen LogP contribution is 2.34. The van der Waals surface area contributed by atoms with Gasteiger partial charge in [0.2, 0.25) is 0 Å². The molecule has 0 bridgehead atoms. The van der Waals surface area contributed by atoms with Gasteiger partial charge in [-0.05, 0) is 40.8 Å². The quantitative estimate of drug-likeness (QED) is 0.833. The highest BCUT2D eigenvalue weighted by Gasteiger charge is 2.19. The lowest BCUT2D eigenvalue weighted by Crippen LogP contribution is -2.02. The smallest absolute Gasteiger partial charge is 0.134 e. The first-order chi connectivity index (χ1) is 8.65. The number of ether oxygens (including phenoxy) is 2. The molecular weight excluding hydrogens is 365 g/mol. The summed E-state index contributed by atoms with van der Waals surface area (Å²) in [6.07, 6.45) is 0.930. The van der Waals surface area contributed by atoms with Crippen LogP contribution in [0.1, 0.15) is 16.7 Å². The molecule has 1 aromatic carbocycles. The van der Waals surface area contributed by atoms with Crippen molar-refractivity contribution in [1.82, 2.24) is 4.98 Å². The molecule has 0 spiro atoms. The second-order valence-electron chi connectivity index (χ2n) is 3.51. The molecule has 1 atom stereocenters. The summed E-state index contributed by atoms with van der Waals surface area (Å²) in [5.74, 6) is 1.30. The molecule has 18 heavy (non-hydrogen) atoms. The van der Waals surface area contributed by atoms with Crippen molar-refractivity contribution in [1.29, 1.82) is 0 Å². The van der Waals surface area contributed by atoms with Gasteiger partial charge in [-0.25, -0.2) is 4.98 Å². The molecule has 0 amide bonds. The van der Waals surface area contributed by atoms with Crippen molar-refractivity contribution in [2.75, 3.05) is 14.2 Å². The van der Waals surface area contributed by atoms with Crippen LogP contribution >= 0.6 is 33.9 Å². The first-order valence-electron chi connectivity index (χ1n) is 5.17. The van der Waals surface area contributed by atoms with E-state index in [4.69, 9.17) is 9.47 Å². The maximum absolute atomic E-state index is 10.3. The molecular formula is C12H12INO3S. The van der Waals surface area contributed by atoms with E-state index < -0.39 is 6.10 Å². The van der Waals surface area contributed by atoms with Crippen LogP contribution in [0.3, 0.4) is 0 Å². The summed E-state index contributed by atoms with van der Waals surface area (Å²) >= 11 is 3.63. The zero-order valence-electron chi connectivity index (χ0n) is 9.88. The fourth-order valence-corrected chi connectivity index (χ4v) is 3.04. The Morgan fingerprint density at radius 3 is 2.67 bits per heavy atom. The predicted molar refractivity (Wildman–Crippen MR) is 78.4 cm³/mol. The molecule has 4 nitrogen and oxygen atoms in total. The second kappa shape index (κ2) is 5.85. The van der Waals surface area contributed by atoms with E-state index in [1.54, 1.807) is 38.6 Å². The van der Waals surface area contributed by atoms with Crippen LogP contribution in [0, 0.1) is 2.88 Å². The van der Waals surface area contributed by atoms with Gasteiger partial charge in [0, 0.05) is 5.56 Å². The molecule has 0 radical (unpaired) electrons. The number of rotatable bonds is 4. The van der Waals surface area contributed by atoms with Crippen molar-refractivity contribution in [3.63, 3.8) is 0 Å². The van der Waals surface area contributed by atoms with Crippen molar-refractivity contribution in [2.24, 2.45) is 0 Å². The van der Waals surface area contributed by atoms with Crippen LogP contribution < -0.4 is 9.47 Å². The fraction of sp³-hybridized carbons (Fsp3) is 0.250. The van der Waals surface area contributed by atoms with Gasteiger partial charge in [0.25, 0.3) is 0 Å². The summed E-state index contributed by atoms with van der Waals surface area (Å²) in [5, 5.41) is 11.0. The van der Waals surface area contributed by atoms with E-state index in [1.165, 1.54) is 11.3 Å². The molecule has 6 heteroatoms. The number of aliphatic hydroxyl groups excluding tert-OH is 1. The van der Waals surface area contributed by atoms with Crippen LogP contribution in [-0.4, -0.2) is 24.3 Å². The lowest BCUT2D eigenvalue weighted by molar-refractivity contribution is 0.213. The van der Waals surface area contributed by atoms with Gasteiger partial charge in [-0.1, -0.05) is 0 Å². The first-order valence-corrected chi connectivity index (χ1v) is 7.06. The van der Waals surface area contributed by atoms with Crippen LogP contribution in [-0.2, 0) is 0 Å². The molecule has 0 aliphatic carbocycles. The van der Waals surface area contributed by atoms with Crippen molar-refractivity contribution < 1.29 is 14.6 Å². The molecule has 0 aliphatic rings. The minimum atomic E-state index is -0.802. The summed E-state index contributed by atoms with van der Waals surface area (Å²) in [5.41, 5.74) is 0.655. The third-order valence-corrected chi connectivity index (χ3v) is 4.24. The largest absolute Gasteiger partial charge is 0.497 e. The lowest BCUT2D eigenvalue weighted by Gasteiger charge is -2.14. The molecule has 96 valence electrons. The van der Waals surface area contributed by atoms with Crippen LogP contribution in [0.5, 0.6) is 11.5 Å². The van der Waals surface area contributed by atoms with Crippen molar-refractivity contribution >= 4 is 33.9 Å². The Morgan fingerprint density at radius 1 is 1.33 bits per heavy atom. The topological polar surface area (TPSA) is 51.6 Å². The summed E-state index contributed by atoms with van der Waals surface area (Å²) in [4.78, 5) is 4.19. The molecule has 1 aromatic heterocycles. The fourth-order valence-electron chi connectivity index (χ4n) is 1.58. The molecule has 1 unspecified atom stereocenters. The Hall–Kier alpha value is -0.860. The monoisotopic (exact) mass is 377 g/mol. The van der Waals surface area contributed by atoms with Gasteiger partial charge in [-0.15, -0.1) is 11.3 Å². The Morgan fingerprint density at radius 2 is 2.11 bits per heavy atom. The minimum Gasteiger partial charge on any atom is -0.497 e. The van der Waals surface area contributed by atoms with Gasteiger partial charge in [-0.2, -0.15) is 0 Å². The van der Waals surface area contributed by atoms with E-state index in [1.807, 2.05) is 0 Å². The number of hydrogen-bond acceptors (Lipinski definition) is 5. The molecule has 0 saturated heterocycles. The van der Waals surface area contributed by atoms with E-state index in [0.717, 1.165) is 2.88 Å². The summed E-state index contributed by atoms with van der Waals surface area (Å²) in [6.45, 7) is 0. The number of aromatic nitrogens is 1. The first kappa shape index (κ1) is 13.6. The number of aliphatic hydroxyl groups is 1. The number of thiazole rings is 1. The number of nitrogens with zero attached hydrogens (tertiary/aromatic N) is 1. The number of halogens is 1. The highest BCUT2D eigenvalue weighted by atomic mass is 127. The normalized spacial score (nSPS) is 12.2. The Labute approximate surface area is 123 Å². The van der Waals surface area contributed by atoms with E-state index in [-0.39, 0.29) is 0 Å². The lowest BCUT2D eigenvalue weighted by atomic mass is 10.1. The van der Waals surface area contributed by atoms with Crippen molar-refractivity contribution in [3.05, 3.63) is 37.9 Å². The maximum atomic E-state index is 10.3. The van der Waals surface area contributed by atoms with E-state index in [2.05, 4.69) is 27.6 Å². The summed E-state index contributed by atoms with van der Waals surface area (Å²) in [7, 11) is 3.16. The molecule has 1 N–H and O–H groups in total. The van der Waals surface area contributed by atoms with Crippen molar-refractivity contribution in [3.8, 4) is 11.5 Å². The SMILES string of the molecule is COc1ccc(OC)c(C(O)c2ncc(I)s2)c1. The van der Waals surface area contributed by atoms with Gasteiger partial charge in [0.05, 0.1) is 23.3 Å². The Balaban J connectivity index is 2.41. The van der Waals surface area contributed by atoms with Crippen LogP contribution in [0.2, 0.25) is 0 Å². The number of benzene rings is 1. The average molecular weight is 377 g/mol. The number of hydrogen-bond donors (Lipinski definition) is 1. The van der Waals surface area contributed by atoms with Gasteiger partial charge >= 0.3 is 0 Å². The third-order valence-electron chi connectivity index (χ3n) is 2.46. The second-order valence-corrected chi connectivity index (χ2v) is 6.47. The van der Waals surface area contributed by atoms with Gasteiger partial charge in [0.1, 0.15) is 22.6 Å². The molecule has 1 heterocycles. The predicted octanol–water partition coefficient (Wildman–Crippen LogP) is 2.85. The van der Waals surface area contributed by atoms with Crippen LogP contribution in [0.4, 0.5) is 0 Å². The molecule has 2 rings (SSSR count). The van der Waals surface area contributed by atoms with Crippen molar-refractivity contribution in [2.45, 2.75) is 6.10 Å². The summed E-state index contributed by atoms with van der Waals surface area (Å²) < 4.78 is 11.4. The van der Waals surface area contributed by atoms with Gasteiger partial charge in [0.15, 0.2) is 0 Å². The Kier molecular flexibility index (Phi) is 4.41. The zero-order valence-corrected chi connectivity index (χ0v) is 12.9. The zero-order chi connectivity index (χ0) is 13.1. The number of methoxy groups -OCH3 is 2. The summed E-state index contributed by atoms with van der Waals surface area (Å²) in [6, 6.07) is 5.33. The average Bonchev–Trinajstić information content (AvgIpc) is 2.83. The minimum absolute atomic E-state index is 0.619. The van der Waals surface area contributed by atoms with Gasteiger partial charge < -0.3 is 14.6 Å². The molecule has 0 saturated carbocycles. The highest BCUT2D eigenvalue weighted by molar-refractivity contribution is 14.1. The molecule has 0 fully saturated rings.